The second kappa shape index (κ2) is 5.06. The maximum Gasteiger partial charge on any atom is 0.144 e. The minimum Gasteiger partial charge on any atom is -0.495 e. The molecule has 0 radical (unpaired) electrons. The third kappa shape index (κ3) is 2.53. The number of rotatable bonds is 3. The first kappa shape index (κ1) is 13.0. The van der Waals surface area contributed by atoms with Gasteiger partial charge in [-0.1, -0.05) is 0 Å². The predicted octanol–water partition coefficient (Wildman–Crippen LogP) is 2.28. The molecule has 1 saturated heterocycles. The number of nitrogen functional groups attached to an aromatic ring is 1. The Morgan fingerprint density at radius 3 is 2.44 bits per heavy atom. The maximum atomic E-state index is 5.78. The summed E-state index contributed by atoms with van der Waals surface area (Å²) in [5.74, 6) is 0.844. The molecule has 18 heavy (non-hydrogen) atoms. The van der Waals surface area contributed by atoms with Crippen LogP contribution in [-0.2, 0) is 4.74 Å². The molecule has 0 spiro atoms. The molecule has 1 heterocycles. The van der Waals surface area contributed by atoms with Crippen LogP contribution in [0.25, 0.3) is 0 Å². The van der Waals surface area contributed by atoms with Gasteiger partial charge in [0.05, 0.1) is 18.4 Å². The largest absolute Gasteiger partial charge is 0.495 e. The Morgan fingerprint density at radius 2 is 1.89 bits per heavy atom. The van der Waals surface area contributed by atoms with Crippen LogP contribution in [0.5, 0.6) is 5.75 Å². The van der Waals surface area contributed by atoms with Crippen molar-refractivity contribution in [1.82, 2.24) is 0 Å². The van der Waals surface area contributed by atoms with Crippen LogP contribution >= 0.6 is 0 Å². The SMILES string of the molecule is COc1cc(N)ccc1N1CCC(C)(OC)CC1. The number of piperidine rings is 1. The lowest BCUT2D eigenvalue weighted by Crippen LogP contribution is -2.43. The van der Waals surface area contributed by atoms with E-state index in [1.54, 1.807) is 14.2 Å². The van der Waals surface area contributed by atoms with Gasteiger partial charge in [-0.3, -0.25) is 0 Å². The van der Waals surface area contributed by atoms with Gasteiger partial charge in [-0.05, 0) is 31.9 Å². The van der Waals surface area contributed by atoms with E-state index in [1.807, 2.05) is 18.2 Å². The molecule has 2 rings (SSSR count). The molecular formula is C14H22N2O2. The molecule has 1 aliphatic rings. The second-order valence-corrected chi connectivity index (χ2v) is 5.07. The molecule has 4 nitrogen and oxygen atoms in total. The lowest BCUT2D eigenvalue weighted by atomic mass is 9.93. The topological polar surface area (TPSA) is 47.7 Å². The van der Waals surface area contributed by atoms with Gasteiger partial charge in [0.25, 0.3) is 0 Å². The van der Waals surface area contributed by atoms with Gasteiger partial charge in [-0.2, -0.15) is 0 Å². The van der Waals surface area contributed by atoms with Gasteiger partial charge in [0.2, 0.25) is 0 Å². The molecular weight excluding hydrogens is 228 g/mol. The van der Waals surface area contributed by atoms with Crippen molar-refractivity contribution in [3.63, 3.8) is 0 Å². The Balaban J connectivity index is 2.14. The van der Waals surface area contributed by atoms with Crippen molar-refractivity contribution in [2.24, 2.45) is 0 Å². The second-order valence-electron chi connectivity index (χ2n) is 5.07. The molecule has 1 aromatic carbocycles. The number of hydrogen-bond donors (Lipinski definition) is 1. The Labute approximate surface area is 109 Å². The number of ether oxygens (including phenoxy) is 2. The van der Waals surface area contributed by atoms with Crippen molar-refractivity contribution in [3.05, 3.63) is 18.2 Å². The van der Waals surface area contributed by atoms with Gasteiger partial charge in [-0.15, -0.1) is 0 Å². The fraction of sp³-hybridized carbons (Fsp3) is 0.571. The summed E-state index contributed by atoms with van der Waals surface area (Å²) in [6, 6.07) is 5.82. The number of methoxy groups -OCH3 is 2. The fourth-order valence-corrected chi connectivity index (χ4v) is 2.38. The molecule has 0 saturated carbocycles. The van der Waals surface area contributed by atoms with Crippen LogP contribution in [0, 0.1) is 0 Å². The van der Waals surface area contributed by atoms with Crippen LogP contribution in [0.1, 0.15) is 19.8 Å². The summed E-state index contributed by atoms with van der Waals surface area (Å²) in [5, 5.41) is 0. The number of nitrogens with two attached hydrogens (primary N) is 1. The van der Waals surface area contributed by atoms with E-state index in [1.165, 1.54) is 0 Å². The smallest absolute Gasteiger partial charge is 0.144 e. The Kier molecular flexibility index (Phi) is 3.66. The quantitative estimate of drug-likeness (QED) is 0.836. The standard InChI is InChI=1S/C14H22N2O2/c1-14(18-3)6-8-16(9-7-14)12-5-4-11(15)10-13(12)17-2/h4-5,10H,6-9,15H2,1-3H3. The summed E-state index contributed by atoms with van der Waals surface area (Å²) in [4.78, 5) is 2.33. The van der Waals surface area contributed by atoms with Gasteiger partial charge in [0, 0.05) is 32.0 Å². The first-order valence-corrected chi connectivity index (χ1v) is 6.31. The van der Waals surface area contributed by atoms with Crippen LogP contribution < -0.4 is 15.4 Å². The Hall–Kier alpha value is -1.42. The third-order valence-electron chi connectivity index (χ3n) is 3.86. The predicted molar refractivity (Wildman–Crippen MR) is 74.3 cm³/mol. The summed E-state index contributed by atoms with van der Waals surface area (Å²) in [5.41, 5.74) is 7.64. The first-order valence-electron chi connectivity index (χ1n) is 6.31. The average Bonchev–Trinajstić information content (AvgIpc) is 2.40. The lowest BCUT2D eigenvalue weighted by Gasteiger charge is -2.39. The molecule has 1 aliphatic heterocycles. The number of benzene rings is 1. The van der Waals surface area contributed by atoms with E-state index in [0.717, 1.165) is 43.1 Å². The Morgan fingerprint density at radius 1 is 1.22 bits per heavy atom. The zero-order valence-corrected chi connectivity index (χ0v) is 11.4. The van der Waals surface area contributed by atoms with Crippen molar-refractivity contribution in [2.75, 3.05) is 37.9 Å². The molecule has 0 aromatic heterocycles. The molecule has 2 N–H and O–H groups in total. The van der Waals surface area contributed by atoms with E-state index in [0.29, 0.717) is 0 Å². The zero-order chi connectivity index (χ0) is 13.2. The molecule has 1 aromatic rings. The van der Waals surface area contributed by atoms with E-state index in [-0.39, 0.29) is 5.60 Å². The Bertz CT molecular complexity index is 412. The highest BCUT2D eigenvalue weighted by Crippen LogP contribution is 2.34. The molecule has 1 fully saturated rings. The fourth-order valence-electron chi connectivity index (χ4n) is 2.38. The third-order valence-corrected chi connectivity index (χ3v) is 3.86. The number of hydrogen-bond acceptors (Lipinski definition) is 4. The summed E-state index contributed by atoms with van der Waals surface area (Å²) < 4.78 is 11.0. The molecule has 0 amide bonds. The summed E-state index contributed by atoms with van der Waals surface area (Å²) in [6.45, 7) is 4.12. The number of nitrogens with zero attached hydrogens (tertiary/aromatic N) is 1. The molecule has 100 valence electrons. The molecule has 0 aliphatic carbocycles. The molecule has 0 unspecified atom stereocenters. The first-order chi connectivity index (χ1) is 8.58. The van der Waals surface area contributed by atoms with Crippen molar-refractivity contribution < 1.29 is 9.47 Å². The van der Waals surface area contributed by atoms with Crippen LogP contribution in [0.15, 0.2) is 18.2 Å². The minimum atomic E-state index is 0.0115. The summed E-state index contributed by atoms with van der Waals surface area (Å²) in [7, 11) is 3.47. The van der Waals surface area contributed by atoms with Gasteiger partial charge in [-0.25, -0.2) is 0 Å². The number of anilines is 2. The van der Waals surface area contributed by atoms with Crippen molar-refractivity contribution in [1.29, 1.82) is 0 Å². The minimum absolute atomic E-state index is 0.0115. The lowest BCUT2D eigenvalue weighted by molar-refractivity contribution is -0.0133. The van der Waals surface area contributed by atoms with Crippen LogP contribution in [0.4, 0.5) is 11.4 Å². The normalized spacial score (nSPS) is 18.7. The highest BCUT2D eigenvalue weighted by molar-refractivity contribution is 5.64. The van der Waals surface area contributed by atoms with Gasteiger partial charge in [0.15, 0.2) is 0 Å². The summed E-state index contributed by atoms with van der Waals surface area (Å²) in [6.07, 6.45) is 2.05. The van der Waals surface area contributed by atoms with Crippen molar-refractivity contribution in [2.45, 2.75) is 25.4 Å². The molecule has 0 bridgehead atoms. The van der Waals surface area contributed by atoms with E-state index in [2.05, 4.69) is 11.8 Å². The van der Waals surface area contributed by atoms with Crippen LogP contribution in [0.3, 0.4) is 0 Å². The monoisotopic (exact) mass is 250 g/mol. The van der Waals surface area contributed by atoms with Gasteiger partial charge >= 0.3 is 0 Å². The van der Waals surface area contributed by atoms with Crippen molar-refractivity contribution >= 4 is 11.4 Å². The van der Waals surface area contributed by atoms with Gasteiger partial charge in [0.1, 0.15) is 5.75 Å². The maximum absolute atomic E-state index is 5.78. The van der Waals surface area contributed by atoms with Gasteiger partial charge < -0.3 is 20.1 Å². The molecule has 0 atom stereocenters. The van der Waals surface area contributed by atoms with E-state index >= 15 is 0 Å². The summed E-state index contributed by atoms with van der Waals surface area (Å²) >= 11 is 0. The van der Waals surface area contributed by atoms with Crippen LogP contribution in [0.2, 0.25) is 0 Å². The van der Waals surface area contributed by atoms with E-state index in [9.17, 15) is 0 Å². The zero-order valence-electron chi connectivity index (χ0n) is 11.4. The highest BCUT2D eigenvalue weighted by Gasteiger charge is 2.30. The van der Waals surface area contributed by atoms with Crippen LogP contribution in [-0.4, -0.2) is 32.9 Å². The van der Waals surface area contributed by atoms with E-state index in [4.69, 9.17) is 15.2 Å². The highest BCUT2D eigenvalue weighted by atomic mass is 16.5. The average molecular weight is 250 g/mol. The molecule has 4 heteroatoms. The van der Waals surface area contributed by atoms with Crippen molar-refractivity contribution in [3.8, 4) is 5.75 Å². The van der Waals surface area contributed by atoms with E-state index < -0.39 is 0 Å².